The lowest BCUT2D eigenvalue weighted by molar-refractivity contribution is -0.153. The van der Waals surface area contributed by atoms with Gasteiger partial charge < -0.3 is 14.5 Å². The van der Waals surface area contributed by atoms with Crippen LogP contribution in [0, 0.1) is 0 Å². The van der Waals surface area contributed by atoms with Crippen LogP contribution in [-0.4, -0.2) is 27.1 Å². The van der Waals surface area contributed by atoms with Gasteiger partial charge in [-0.25, -0.2) is 8.42 Å². The van der Waals surface area contributed by atoms with Crippen molar-refractivity contribution in [2.45, 2.75) is 16.8 Å². The fraction of sp³-hybridized carbons (Fsp3) is 0.150. The van der Waals surface area contributed by atoms with E-state index in [-0.39, 0.29) is 22.2 Å². The van der Waals surface area contributed by atoms with Gasteiger partial charge >= 0.3 is 6.18 Å². The van der Waals surface area contributed by atoms with E-state index in [1.54, 1.807) is 18.2 Å². The third-order valence-electron chi connectivity index (χ3n) is 3.83. The maximum atomic E-state index is 12.4. The van der Waals surface area contributed by atoms with Crippen molar-refractivity contribution < 1.29 is 35.5 Å². The summed E-state index contributed by atoms with van der Waals surface area (Å²) >= 11 is 0. The van der Waals surface area contributed by atoms with Crippen LogP contribution in [0.2, 0.25) is 0 Å². The number of hydrogen-bond acceptors (Lipinski definition) is 5. The van der Waals surface area contributed by atoms with Crippen molar-refractivity contribution in [2.75, 3.05) is 11.9 Å². The second kappa shape index (κ2) is 8.62. The largest absolute Gasteiger partial charge is 0.484 e. The molecular formula is C20H16F3NO5S. The Morgan fingerprint density at radius 1 is 0.967 bits per heavy atom. The zero-order chi connectivity index (χ0) is 21.8. The van der Waals surface area contributed by atoms with Crippen LogP contribution in [0.4, 0.5) is 18.9 Å². The van der Waals surface area contributed by atoms with Crippen molar-refractivity contribution in [1.29, 1.82) is 0 Å². The highest BCUT2D eigenvalue weighted by atomic mass is 32.2. The Kier molecular flexibility index (Phi) is 6.16. The van der Waals surface area contributed by atoms with E-state index in [0.29, 0.717) is 5.69 Å². The van der Waals surface area contributed by atoms with Gasteiger partial charge in [0.1, 0.15) is 17.3 Å². The van der Waals surface area contributed by atoms with Gasteiger partial charge in [0.2, 0.25) is 0 Å². The summed E-state index contributed by atoms with van der Waals surface area (Å²) in [5.74, 6) is -1.06. The maximum Gasteiger partial charge on any atom is 0.422 e. The summed E-state index contributed by atoms with van der Waals surface area (Å²) in [6, 6.07) is 15.9. The van der Waals surface area contributed by atoms with Crippen molar-refractivity contribution >= 4 is 21.4 Å². The van der Waals surface area contributed by atoms with E-state index in [1.807, 2.05) is 0 Å². The second-order valence-electron chi connectivity index (χ2n) is 6.22. The van der Waals surface area contributed by atoms with E-state index in [9.17, 15) is 26.4 Å². The van der Waals surface area contributed by atoms with Gasteiger partial charge in [0, 0.05) is 5.69 Å². The van der Waals surface area contributed by atoms with E-state index >= 15 is 0 Å². The Labute approximate surface area is 170 Å². The van der Waals surface area contributed by atoms with Gasteiger partial charge in [-0.05, 0) is 48.5 Å². The molecule has 0 spiro atoms. The molecule has 1 N–H and O–H groups in total. The standard InChI is InChI=1S/C20H16F3NO5S/c21-20(22,23)13-28-15-8-6-14(7-9-15)24-19(25)18-11-10-16(29-18)12-30(26,27)17-4-2-1-3-5-17/h1-11H,12-13H2,(H,24,25). The van der Waals surface area contributed by atoms with Gasteiger partial charge in [-0.1, -0.05) is 18.2 Å². The Bertz CT molecular complexity index is 1110. The fourth-order valence-electron chi connectivity index (χ4n) is 2.47. The molecule has 0 aliphatic carbocycles. The van der Waals surface area contributed by atoms with E-state index in [2.05, 4.69) is 10.1 Å². The minimum atomic E-state index is -4.45. The monoisotopic (exact) mass is 439 g/mol. The number of anilines is 1. The highest BCUT2D eigenvalue weighted by Crippen LogP contribution is 2.22. The average Bonchev–Trinajstić information content (AvgIpc) is 3.15. The van der Waals surface area contributed by atoms with Crippen molar-refractivity contribution in [1.82, 2.24) is 0 Å². The summed E-state index contributed by atoms with van der Waals surface area (Å²) in [6.45, 7) is -1.42. The summed E-state index contributed by atoms with van der Waals surface area (Å²) in [5, 5.41) is 2.51. The van der Waals surface area contributed by atoms with E-state index in [1.165, 1.54) is 48.5 Å². The number of nitrogens with one attached hydrogen (secondary N) is 1. The number of furan rings is 1. The molecule has 1 heterocycles. The normalized spacial score (nSPS) is 11.8. The molecule has 0 bridgehead atoms. The van der Waals surface area contributed by atoms with Gasteiger partial charge in [-0.3, -0.25) is 4.79 Å². The Morgan fingerprint density at radius 2 is 1.63 bits per heavy atom. The van der Waals surface area contributed by atoms with Crippen LogP contribution in [0.1, 0.15) is 16.3 Å². The quantitative estimate of drug-likeness (QED) is 0.588. The molecule has 1 aromatic heterocycles. The van der Waals surface area contributed by atoms with Gasteiger partial charge in [-0.2, -0.15) is 13.2 Å². The molecule has 10 heteroatoms. The zero-order valence-electron chi connectivity index (χ0n) is 15.3. The van der Waals surface area contributed by atoms with Gasteiger partial charge in [0.15, 0.2) is 22.2 Å². The topological polar surface area (TPSA) is 85.6 Å². The summed E-state index contributed by atoms with van der Waals surface area (Å²) in [5.41, 5.74) is 0.300. The molecule has 0 aliphatic rings. The minimum Gasteiger partial charge on any atom is -0.484 e. The first-order chi connectivity index (χ1) is 14.1. The molecule has 0 saturated heterocycles. The van der Waals surface area contributed by atoms with E-state index in [4.69, 9.17) is 4.42 Å². The molecule has 0 atom stereocenters. The fourth-order valence-corrected chi connectivity index (χ4v) is 3.74. The summed E-state index contributed by atoms with van der Waals surface area (Å²) < 4.78 is 71.1. The number of rotatable bonds is 7. The summed E-state index contributed by atoms with van der Waals surface area (Å²) in [4.78, 5) is 12.4. The molecule has 1 amide bonds. The minimum absolute atomic E-state index is 0.00303. The molecule has 30 heavy (non-hydrogen) atoms. The number of halogens is 3. The Hall–Kier alpha value is -3.27. The maximum absolute atomic E-state index is 12.4. The van der Waals surface area contributed by atoms with Crippen LogP contribution in [0.3, 0.4) is 0 Å². The van der Waals surface area contributed by atoms with E-state index < -0.39 is 34.3 Å². The van der Waals surface area contributed by atoms with Crippen LogP contribution >= 0.6 is 0 Å². The molecule has 0 fully saturated rings. The predicted octanol–water partition coefficient (Wildman–Crippen LogP) is 4.45. The number of benzene rings is 2. The average molecular weight is 439 g/mol. The number of carbonyl (C=O) groups is 1. The molecule has 6 nitrogen and oxygen atoms in total. The van der Waals surface area contributed by atoms with Crippen LogP contribution < -0.4 is 10.1 Å². The van der Waals surface area contributed by atoms with Crippen LogP contribution in [0.15, 0.2) is 76.0 Å². The van der Waals surface area contributed by atoms with Crippen molar-refractivity contribution in [3.05, 3.63) is 78.3 Å². The molecule has 0 aliphatic heterocycles. The van der Waals surface area contributed by atoms with E-state index in [0.717, 1.165) is 0 Å². The number of alkyl halides is 3. The SMILES string of the molecule is O=C(Nc1ccc(OCC(F)(F)F)cc1)c1ccc(CS(=O)(=O)c2ccccc2)o1. The first-order valence-corrected chi connectivity index (χ1v) is 10.3. The second-order valence-corrected chi connectivity index (χ2v) is 8.21. The van der Waals surface area contributed by atoms with Crippen molar-refractivity contribution in [3.63, 3.8) is 0 Å². The van der Waals surface area contributed by atoms with Gasteiger partial charge in [0.25, 0.3) is 5.91 Å². The first-order valence-electron chi connectivity index (χ1n) is 8.60. The number of hydrogen-bond donors (Lipinski definition) is 1. The highest BCUT2D eigenvalue weighted by molar-refractivity contribution is 7.90. The summed E-state index contributed by atoms with van der Waals surface area (Å²) in [6.07, 6.45) is -4.45. The lowest BCUT2D eigenvalue weighted by Crippen LogP contribution is -2.19. The van der Waals surface area contributed by atoms with Gasteiger partial charge in [0.05, 0.1) is 4.90 Å². The van der Waals surface area contributed by atoms with Crippen LogP contribution in [0.25, 0.3) is 0 Å². The first kappa shape index (κ1) is 21.4. The molecule has 0 unspecified atom stereocenters. The molecule has 2 aromatic carbocycles. The highest BCUT2D eigenvalue weighted by Gasteiger charge is 2.28. The Morgan fingerprint density at radius 3 is 2.27 bits per heavy atom. The number of ether oxygens (including phenoxy) is 1. The van der Waals surface area contributed by atoms with Crippen molar-refractivity contribution in [2.24, 2.45) is 0 Å². The lowest BCUT2D eigenvalue weighted by atomic mass is 10.3. The molecular weight excluding hydrogens is 423 g/mol. The summed E-state index contributed by atoms with van der Waals surface area (Å²) in [7, 11) is -3.62. The molecule has 0 radical (unpaired) electrons. The number of carbonyl (C=O) groups excluding carboxylic acids is 1. The third kappa shape index (κ3) is 5.86. The molecule has 3 aromatic rings. The molecule has 3 rings (SSSR count). The Balaban J connectivity index is 1.61. The van der Waals surface area contributed by atoms with Crippen LogP contribution in [-0.2, 0) is 15.6 Å². The number of amides is 1. The molecule has 0 saturated carbocycles. The lowest BCUT2D eigenvalue weighted by Gasteiger charge is -2.09. The van der Waals surface area contributed by atoms with Crippen molar-refractivity contribution in [3.8, 4) is 5.75 Å². The predicted molar refractivity (Wildman–Crippen MR) is 102 cm³/mol. The van der Waals surface area contributed by atoms with Gasteiger partial charge in [-0.15, -0.1) is 0 Å². The smallest absolute Gasteiger partial charge is 0.422 e. The van der Waals surface area contributed by atoms with Crippen LogP contribution in [0.5, 0.6) is 5.75 Å². The zero-order valence-corrected chi connectivity index (χ0v) is 16.2. The third-order valence-corrected chi connectivity index (χ3v) is 5.49. The molecule has 158 valence electrons. The number of sulfone groups is 1.